The third kappa shape index (κ3) is 6.05. The molecule has 3 rings (SSSR count). The van der Waals surface area contributed by atoms with Crippen LogP contribution in [0.15, 0.2) is 18.2 Å². The maximum absolute atomic E-state index is 10.5. The van der Waals surface area contributed by atoms with Gasteiger partial charge in [-0.15, -0.1) is 0 Å². The Bertz CT molecular complexity index is 755. The van der Waals surface area contributed by atoms with Crippen LogP contribution in [0.5, 0.6) is 17.2 Å². The van der Waals surface area contributed by atoms with E-state index in [0.29, 0.717) is 0 Å². The topological polar surface area (TPSA) is 228 Å². The van der Waals surface area contributed by atoms with Gasteiger partial charge in [0.25, 0.3) is 0 Å². The molecule has 0 saturated carbocycles. The maximum Gasteiger partial charge on any atom is 0.187 e. The Labute approximate surface area is 193 Å². The maximum atomic E-state index is 10.5. The van der Waals surface area contributed by atoms with E-state index in [9.17, 15) is 46.0 Å². The summed E-state index contributed by atoms with van der Waals surface area (Å²) in [5.41, 5.74) is 0. The highest BCUT2D eigenvalue weighted by atomic mass is 16.7. The fourth-order valence-corrected chi connectivity index (χ4v) is 3.76. The zero-order chi connectivity index (χ0) is 25.0. The van der Waals surface area contributed by atoms with E-state index in [1.165, 1.54) is 12.1 Å². The minimum atomic E-state index is -1.77. The lowest BCUT2D eigenvalue weighted by atomic mass is 9.97. The van der Waals surface area contributed by atoms with Gasteiger partial charge in [0.2, 0.25) is 0 Å². The summed E-state index contributed by atoms with van der Waals surface area (Å²) >= 11 is 0. The molecule has 2 fully saturated rings. The molecular weight excluding hydrogens is 464 g/mol. The normalized spacial score (nSPS) is 38.6. The molecule has 2 saturated heterocycles. The second kappa shape index (κ2) is 11.7. The van der Waals surface area contributed by atoms with E-state index in [1.54, 1.807) is 0 Å². The van der Waals surface area contributed by atoms with Gasteiger partial charge in [-0.05, 0) is 0 Å². The fourth-order valence-electron chi connectivity index (χ4n) is 3.76. The van der Waals surface area contributed by atoms with Crippen molar-refractivity contribution in [1.29, 1.82) is 0 Å². The highest BCUT2D eigenvalue weighted by Gasteiger charge is 2.50. The lowest BCUT2D eigenvalue weighted by Gasteiger charge is -2.46. The highest BCUT2D eigenvalue weighted by molar-refractivity contribution is 5.40. The number of ether oxygens (including phenoxy) is 5. The van der Waals surface area contributed by atoms with Crippen molar-refractivity contribution < 1.29 is 69.6 Å². The van der Waals surface area contributed by atoms with Crippen LogP contribution in [0, 0.1) is 0 Å². The number of hydrogen-bond donors (Lipinski definition) is 9. The molecule has 1 unspecified atom stereocenters. The van der Waals surface area contributed by atoms with Gasteiger partial charge in [0, 0.05) is 18.2 Å². The van der Waals surface area contributed by atoms with Crippen LogP contribution in [-0.2, 0) is 18.9 Å². The first-order chi connectivity index (χ1) is 16.2. The van der Waals surface area contributed by atoms with E-state index >= 15 is 0 Å². The first kappa shape index (κ1) is 26.8. The zero-order valence-electron chi connectivity index (χ0n) is 17.9. The van der Waals surface area contributed by atoms with E-state index in [0.717, 1.165) is 6.07 Å². The van der Waals surface area contributed by atoms with Gasteiger partial charge in [-0.25, -0.2) is 0 Å². The number of phenolic OH excluding ortho intramolecular Hbond substituents is 2. The molecule has 14 heteroatoms. The summed E-state index contributed by atoms with van der Waals surface area (Å²) in [6, 6.07) is 3.65. The predicted octanol–water partition coefficient (Wildman–Crippen LogP) is -3.88. The Morgan fingerprint density at radius 3 is 1.91 bits per heavy atom. The molecule has 1 aromatic carbocycles. The lowest BCUT2D eigenvalue weighted by Crippen LogP contribution is -2.64. The van der Waals surface area contributed by atoms with E-state index < -0.39 is 74.6 Å². The molecule has 34 heavy (non-hydrogen) atoms. The first-order valence-corrected chi connectivity index (χ1v) is 10.5. The lowest BCUT2D eigenvalue weighted by molar-refractivity contribution is -0.357. The molecule has 194 valence electrons. The molecule has 2 aliphatic rings. The summed E-state index contributed by atoms with van der Waals surface area (Å²) in [6.45, 7) is -1.57. The quantitative estimate of drug-likeness (QED) is 0.150. The number of hydrogen-bond acceptors (Lipinski definition) is 14. The predicted molar refractivity (Wildman–Crippen MR) is 108 cm³/mol. The second-order valence-electron chi connectivity index (χ2n) is 7.91. The number of aliphatic hydroxyl groups is 7. The van der Waals surface area contributed by atoms with Crippen LogP contribution in [0.1, 0.15) is 0 Å². The van der Waals surface area contributed by atoms with Crippen LogP contribution in [-0.4, -0.2) is 134 Å². The minimum absolute atomic E-state index is 0.0791. The molecule has 0 aromatic heterocycles. The number of phenols is 2. The van der Waals surface area contributed by atoms with Crippen LogP contribution in [0.3, 0.4) is 0 Å². The Hall–Kier alpha value is -1.82. The molecule has 2 aliphatic heterocycles. The van der Waals surface area contributed by atoms with Gasteiger partial charge in [-0.1, -0.05) is 0 Å². The highest BCUT2D eigenvalue weighted by Crippen LogP contribution is 2.30. The van der Waals surface area contributed by atoms with Crippen LogP contribution in [0.2, 0.25) is 0 Å². The van der Waals surface area contributed by atoms with Gasteiger partial charge < -0.3 is 69.6 Å². The molecule has 14 nitrogen and oxygen atoms in total. The molecule has 0 radical (unpaired) electrons. The summed E-state index contributed by atoms with van der Waals surface area (Å²) < 4.78 is 26.7. The van der Waals surface area contributed by atoms with Gasteiger partial charge in [0.15, 0.2) is 12.6 Å². The van der Waals surface area contributed by atoms with Gasteiger partial charge in [-0.2, -0.15) is 0 Å². The molecule has 10 atom stereocenters. The van der Waals surface area contributed by atoms with Gasteiger partial charge in [0.1, 0.15) is 72.7 Å². The molecule has 0 aliphatic carbocycles. The monoisotopic (exact) mass is 494 g/mol. The standard InChI is InChI=1S/C20H30O14/c21-6-11-17(31-2-1-30-10-4-8(23)3-9(24)5-10)14(26)16(28)20(33-11)34-18-12(7-22)32-19(29)15(27)13(18)25/h3-5,11-29H,1-2,6-7H2/t11-,12-,13-,14-,15-,16-,17-,18-,19?,20-/m1/s1. The van der Waals surface area contributed by atoms with Crippen LogP contribution in [0.25, 0.3) is 0 Å². The Kier molecular flexibility index (Phi) is 9.25. The Morgan fingerprint density at radius 2 is 1.29 bits per heavy atom. The van der Waals surface area contributed by atoms with Crippen molar-refractivity contribution >= 4 is 0 Å². The number of rotatable bonds is 9. The fraction of sp³-hybridized carbons (Fsp3) is 0.700. The summed E-state index contributed by atoms with van der Waals surface area (Å²) in [5.74, 6) is -0.256. The van der Waals surface area contributed by atoms with Crippen LogP contribution >= 0.6 is 0 Å². The van der Waals surface area contributed by atoms with E-state index in [2.05, 4.69) is 0 Å². The van der Waals surface area contributed by atoms with Crippen molar-refractivity contribution in [2.75, 3.05) is 26.4 Å². The second-order valence-corrected chi connectivity index (χ2v) is 7.91. The molecule has 9 N–H and O–H groups in total. The largest absolute Gasteiger partial charge is 0.508 e. The van der Waals surface area contributed by atoms with E-state index in [-0.39, 0.29) is 30.5 Å². The van der Waals surface area contributed by atoms with Gasteiger partial charge in [-0.3, -0.25) is 0 Å². The average molecular weight is 494 g/mol. The van der Waals surface area contributed by atoms with E-state index in [4.69, 9.17) is 23.7 Å². The smallest absolute Gasteiger partial charge is 0.187 e. The molecule has 0 amide bonds. The SMILES string of the molecule is OC[C@H]1O[C@H](O[C@H]2[C@H](O)[C@@H](O)C(O)O[C@@H]2CO)[C@H](O)[C@@H](O)[C@@H]1OCCOc1cc(O)cc(O)c1. The van der Waals surface area contributed by atoms with Crippen molar-refractivity contribution in [3.05, 3.63) is 18.2 Å². The van der Waals surface area contributed by atoms with Gasteiger partial charge in [0.05, 0.1) is 19.8 Å². The number of benzene rings is 1. The molecular formula is C20H30O14. The summed E-state index contributed by atoms with van der Waals surface area (Å²) in [5, 5.41) is 88.6. The third-order valence-corrected chi connectivity index (χ3v) is 5.49. The van der Waals surface area contributed by atoms with Crippen molar-refractivity contribution in [1.82, 2.24) is 0 Å². The first-order valence-electron chi connectivity index (χ1n) is 10.5. The Balaban J connectivity index is 1.58. The third-order valence-electron chi connectivity index (χ3n) is 5.49. The van der Waals surface area contributed by atoms with Crippen molar-refractivity contribution in [2.45, 2.75) is 61.4 Å². The zero-order valence-corrected chi connectivity index (χ0v) is 17.9. The van der Waals surface area contributed by atoms with Crippen molar-refractivity contribution in [3.8, 4) is 17.2 Å². The van der Waals surface area contributed by atoms with Crippen LogP contribution < -0.4 is 4.74 Å². The van der Waals surface area contributed by atoms with Crippen molar-refractivity contribution in [3.63, 3.8) is 0 Å². The molecule has 0 bridgehead atoms. The summed E-state index contributed by atoms with van der Waals surface area (Å²) in [6.07, 6.45) is -15.3. The molecule has 0 spiro atoms. The average Bonchev–Trinajstić information content (AvgIpc) is 2.79. The van der Waals surface area contributed by atoms with Crippen LogP contribution in [0.4, 0.5) is 0 Å². The summed E-state index contributed by atoms with van der Waals surface area (Å²) in [4.78, 5) is 0. The Morgan fingerprint density at radius 1 is 0.706 bits per heavy atom. The number of aliphatic hydroxyl groups excluding tert-OH is 7. The number of aromatic hydroxyl groups is 2. The molecule has 2 heterocycles. The van der Waals surface area contributed by atoms with E-state index in [1.807, 2.05) is 0 Å². The minimum Gasteiger partial charge on any atom is -0.508 e. The molecule has 1 aromatic rings. The van der Waals surface area contributed by atoms with Crippen molar-refractivity contribution in [2.24, 2.45) is 0 Å². The summed E-state index contributed by atoms with van der Waals surface area (Å²) in [7, 11) is 0. The van der Waals surface area contributed by atoms with Gasteiger partial charge >= 0.3 is 0 Å².